The molecule has 1 rings (SSSR count). The number of hydrogen-bond donors (Lipinski definition) is 4. The van der Waals surface area contributed by atoms with Crippen LogP contribution in [-0.2, 0) is 9.53 Å². The summed E-state index contributed by atoms with van der Waals surface area (Å²) in [4.78, 5) is 38.6. The Kier molecular flexibility index (Phi) is 10.0. The predicted octanol–water partition coefficient (Wildman–Crippen LogP) is 2.67. The first-order valence-electron chi connectivity index (χ1n) is 10.2. The number of thiol groups is 1. The van der Waals surface area contributed by atoms with Crippen LogP contribution in [-0.4, -0.2) is 69.9 Å². The normalized spacial score (nSPS) is 12.9. The number of nitrogens with zero attached hydrogens (tertiary/aromatic N) is 4. The van der Waals surface area contributed by atoms with Gasteiger partial charge in [-0.2, -0.15) is 0 Å². The van der Waals surface area contributed by atoms with Crippen molar-refractivity contribution in [3.63, 3.8) is 0 Å². The van der Waals surface area contributed by atoms with E-state index in [0.717, 1.165) is 0 Å². The van der Waals surface area contributed by atoms with Gasteiger partial charge in [0, 0.05) is 32.2 Å². The minimum absolute atomic E-state index is 0.112. The fraction of sp³-hybridized carbons (Fsp3) is 0.650. The van der Waals surface area contributed by atoms with Gasteiger partial charge in [-0.15, -0.1) is 12.6 Å². The maximum atomic E-state index is 12.3. The number of amides is 2. The van der Waals surface area contributed by atoms with Gasteiger partial charge in [-0.1, -0.05) is 0 Å². The molecule has 0 radical (unpaired) electrons. The Labute approximate surface area is 190 Å². The van der Waals surface area contributed by atoms with Crippen LogP contribution in [0, 0.1) is 6.92 Å². The van der Waals surface area contributed by atoms with E-state index in [9.17, 15) is 9.59 Å². The van der Waals surface area contributed by atoms with E-state index in [1.54, 1.807) is 40.7 Å². The molecule has 0 aromatic carbocycles. The summed E-state index contributed by atoms with van der Waals surface area (Å²) in [7, 11) is 1.53. The molecule has 0 aliphatic carbocycles. The molecule has 1 heterocycles. The number of aromatic nitrogens is 2. The zero-order valence-electron chi connectivity index (χ0n) is 19.6. The monoisotopic (exact) mass is 453 g/mol. The van der Waals surface area contributed by atoms with Crippen LogP contribution < -0.4 is 16.0 Å². The lowest BCUT2D eigenvalue weighted by molar-refractivity contribution is -0.125. The molecule has 0 saturated carbocycles. The largest absolute Gasteiger partial charge is 0.444 e. The van der Waals surface area contributed by atoms with Gasteiger partial charge in [-0.05, 0) is 48.5 Å². The molecule has 1 aromatic heterocycles. The zero-order chi connectivity index (χ0) is 23.8. The fourth-order valence-electron chi connectivity index (χ4n) is 2.31. The summed E-state index contributed by atoms with van der Waals surface area (Å²) in [6, 6.07) is 1.18. The number of aliphatic imine (C=N–C) groups is 1. The molecule has 3 N–H and O–H groups in total. The molecular formula is C20H35N7O3S. The number of hydrogen-bond acceptors (Lipinski definition) is 7. The van der Waals surface area contributed by atoms with Gasteiger partial charge < -0.3 is 20.7 Å². The van der Waals surface area contributed by atoms with E-state index in [-0.39, 0.29) is 11.9 Å². The number of nitrogens with one attached hydrogen (secondary N) is 3. The van der Waals surface area contributed by atoms with Gasteiger partial charge in [-0.25, -0.2) is 14.8 Å². The molecule has 1 atom stereocenters. The van der Waals surface area contributed by atoms with Gasteiger partial charge in [0.1, 0.15) is 29.1 Å². The molecule has 174 valence electrons. The molecule has 10 nitrogen and oxygen atoms in total. The number of carbonyl (C=O) groups is 2. The van der Waals surface area contributed by atoms with Crippen molar-refractivity contribution in [2.24, 2.45) is 4.99 Å². The first-order chi connectivity index (χ1) is 14.3. The third-order valence-electron chi connectivity index (χ3n) is 3.83. The van der Waals surface area contributed by atoms with Crippen molar-refractivity contribution in [1.29, 1.82) is 0 Å². The number of carbonyl (C=O) groups excluding carboxylic acids is 2. The average molecular weight is 454 g/mol. The van der Waals surface area contributed by atoms with Crippen LogP contribution in [0.4, 0.5) is 16.4 Å². The van der Waals surface area contributed by atoms with E-state index >= 15 is 0 Å². The second kappa shape index (κ2) is 11.7. The van der Waals surface area contributed by atoms with E-state index in [2.05, 4.69) is 43.5 Å². The Hall–Kier alpha value is -2.56. The maximum absolute atomic E-state index is 12.3. The second-order valence-corrected chi connectivity index (χ2v) is 8.77. The molecule has 0 spiro atoms. The first-order valence-corrected chi connectivity index (χ1v) is 10.6. The van der Waals surface area contributed by atoms with Gasteiger partial charge >= 0.3 is 6.09 Å². The molecule has 0 aliphatic rings. The van der Waals surface area contributed by atoms with Crippen molar-refractivity contribution in [2.75, 3.05) is 30.8 Å². The van der Waals surface area contributed by atoms with Crippen LogP contribution in [0.5, 0.6) is 0 Å². The number of ether oxygens (including phenoxy) is 1. The Bertz CT molecular complexity index is 793. The second-order valence-electron chi connectivity index (χ2n) is 8.34. The molecule has 0 unspecified atom stereocenters. The summed E-state index contributed by atoms with van der Waals surface area (Å²) in [6.07, 6.45) is -0.547. The standard InChI is InChI=1S/C20H35N7O3S/c1-12(2)23-18(31)26-16-11-15(24-14(4)25-16)21-9-10-22-17(28)13(3)27(8)19(29)30-20(5,6)7/h11-13H,9-10H2,1-8H3,(H,22,28)(H3,21,23,24,25,26,31)/t13-/m0/s1. The van der Waals surface area contributed by atoms with E-state index in [4.69, 9.17) is 4.74 Å². The lowest BCUT2D eigenvalue weighted by atomic mass is 10.2. The van der Waals surface area contributed by atoms with Crippen molar-refractivity contribution in [3.8, 4) is 0 Å². The molecule has 0 fully saturated rings. The maximum Gasteiger partial charge on any atom is 0.410 e. The summed E-state index contributed by atoms with van der Waals surface area (Å²) >= 11 is 4.30. The number of anilines is 2. The molecule has 0 aliphatic heterocycles. The quantitative estimate of drug-likeness (QED) is 0.207. The number of aryl methyl sites for hydroxylation is 1. The summed E-state index contributed by atoms with van der Waals surface area (Å²) < 4.78 is 5.29. The highest BCUT2D eigenvalue weighted by Gasteiger charge is 2.26. The minimum Gasteiger partial charge on any atom is -0.444 e. The van der Waals surface area contributed by atoms with Crippen LogP contribution in [0.25, 0.3) is 0 Å². The molecule has 0 saturated heterocycles. The zero-order valence-corrected chi connectivity index (χ0v) is 20.5. The van der Waals surface area contributed by atoms with Crippen molar-refractivity contribution in [3.05, 3.63) is 11.9 Å². The number of amidine groups is 1. The van der Waals surface area contributed by atoms with Gasteiger partial charge in [0.15, 0.2) is 5.17 Å². The summed E-state index contributed by atoms with van der Waals surface area (Å²) in [5.41, 5.74) is -0.622. The van der Waals surface area contributed by atoms with Gasteiger partial charge in [-0.3, -0.25) is 14.7 Å². The highest BCUT2D eigenvalue weighted by Crippen LogP contribution is 2.12. The van der Waals surface area contributed by atoms with Crippen molar-refractivity contribution in [2.45, 2.75) is 66.2 Å². The SMILES string of the molecule is Cc1nc(NCCNC(=O)[C@H](C)N(C)C(=O)OC(C)(C)C)cc(N/C(S)=N/C(C)C)n1. The number of rotatable bonds is 8. The van der Waals surface area contributed by atoms with E-state index < -0.39 is 17.7 Å². The van der Waals surface area contributed by atoms with Gasteiger partial charge in [0.2, 0.25) is 5.91 Å². The van der Waals surface area contributed by atoms with Crippen molar-refractivity contribution < 1.29 is 14.3 Å². The summed E-state index contributed by atoms with van der Waals surface area (Å²) in [5.74, 6) is 1.48. The third kappa shape index (κ3) is 10.3. The fourth-order valence-corrected chi connectivity index (χ4v) is 2.65. The highest BCUT2D eigenvalue weighted by atomic mass is 32.1. The Morgan fingerprint density at radius 3 is 2.39 bits per heavy atom. The predicted molar refractivity (Wildman–Crippen MR) is 127 cm³/mol. The lowest BCUT2D eigenvalue weighted by Crippen LogP contribution is -2.48. The lowest BCUT2D eigenvalue weighted by Gasteiger charge is -2.28. The first kappa shape index (κ1) is 26.5. The molecule has 2 amide bonds. The van der Waals surface area contributed by atoms with Crippen LogP contribution >= 0.6 is 12.6 Å². The van der Waals surface area contributed by atoms with E-state index in [1.807, 2.05) is 13.8 Å². The average Bonchev–Trinajstić information content (AvgIpc) is 2.61. The number of likely N-dealkylation sites (N-methyl/N-ethyl adjacent to an activating group) is 1. The Morgan fingerprint density at radius 2 is 1.81 bits per heavy atom. The Morgan fingerprint density at radius 1 is 1.19 bits per heavy atom. The molecule has 1 aromatic rings. The van der Waals surface area contributed by atoms with E-state index in [1.165, 1.54) is 11.9 Å². The summed E-state index contributed by atoms with van der Waals surface area (Å²) in [5, 5.41) is 9.42. The topological polar surface area (TPSA) is 121 Å². The van der Waals surface area contributed by atoms with Crippen molar-refractivity contribution >= 4 is 41.4 Å². The Balaban J connectivity index is 2.55. The van der Waals surface area contributed by atoms with E-state index in [0.29, 0.717) is 35.7 Å². The molecular weight excluding hydrogens is 418 g/mol. The van der Waals surface area contributed by atoms with Crippen molar-refractivity contribution in [1.82, 2.24) is 20.2 Å². The molecule has 0 bridgehead atoms. The minimum atomic E-state index is -0.666. The van der Waals surface area contributed by atoms with Crippen LogP contribution in [0.1, 0.15) is 47.4 Å². The van der Waals surface area contributed by atoms with Crippen LogP contribution in [0.2, 0.25) is 0 Å². The smallest absolute Gasteiger partial charge is 0.410 e. The molecule has 11 heteroatoms. The van der Waals surface area contributed by atoms with Gasteiger partial charge in [0.05, 0.1) is 0 Å². The molecule has 31 heavy (non-hydrogen) atoms. The van der Waals surface area contributed by atoms with Crippen LogP contribution in [0.3, 0.4) is 0 Å². The third-order valence-corrected chi connectivity index (χ3v) is 4.06. The highest BCUT2D eigenvalue weighted by molar-refractivity contribution is 7.97. The summed E-state index contributed by atoms with van der Waals surface area (Å²) in [6.45, 7) is 13.5. The van der Waals surface area contributed by atoms with Gasteiger partial charge in [0.25, 0.3) is 0 Å². The van der Waals surface area contributed by atoms with Crippen LogP contribution in [0.15, 0.2) is 11.1 Å².